The second kappa shape index (κ2) is 4.34. The molecule has 1 heterocycles. The molecule has 1 saturated heterocycles. The molecule has 0 saturated carbocycles. The van der Waals surface area contributed by atoms with Crippen LogP contribution in [-0.4, -0.2) is 44.6 Å². The van der Waals surface area contributed by atoms with Gasteiger partial charge in [-0.2, -0.15) is 0 Å². The third kappa shape index (κ3) is 2.50. The Balaban J connectivity index is 2.32. The zero-order chi connectivity index (χ0) is 8.10. The van der Waals surface area contributed by atoms with Gasteiger partial charge in [-0.3, -0.25) is 4.99 Å². The molecule has 1 fully saturated rings. The molecule has 1 aliphatic rings. The molecule has 11 heavy (non-hydrogen) atoms. The van der Waals surface area contributed by atoms with Crippen LogP contribution in [0.3, 0.4) is 0 Å². The highest BCUT2D eigenvalue weighted by atomic mass is 16.5. The lowest BCUT2D eigenvalue weighted by Gasteiger charge is -2.29. The van der Waals surface area contributed by atoms with Crippen LogP contribution >= 0.6 is 0 Å². The first-order chi connectivity index (χ1) is 5.34. The van der Waals surface area contributed by atoms with Crippen LogP contribution in [0.5, 0.6) is 0 Å². The van der Waals surface area contributed by atoms with Crippen LogP contribution in [0.15, 0.2) is 4.99 Å². The van der Waals surface area contributed by atoms with Crippen molar-refractivity contribution in [1.82, 2.24) is 4.90 Å². The van der Waals surface area contributed by atoms with Crippen molar-refractivity contribution in [3.05, 3.63) is 0 Å². The minimum absolute atomic E-state index is 0.632. The summed E-state index contributed by atoms with van der Waals surface area (Å²) in [7, 11) is 3.87. The third-order valence-electron chi connectivity index (χ3n) is 2.06. The molecule has 3 heteroatoms. The van der Waals surface area contributed by atoms with Crippen molar-refractivity contribution >= 4 is 6.34 Å². The van der Waals surface area contributed by atoms with Gasteiger partial charge in [0.15, 0.2) is 0 Å². The van der Waals surface area contributed by atoms with Gasteiger partial charge in [0.05, 0.1) is 6.34 Å². The van der Waals surface area contributed by atoms with Gasteiger partial charge in [-0.1, -0.05) is 0 Å². The molecular formula is C8H16N2O. The van der Waals surface area contributed by atoms with Crippen molar-refractivity contribution in [3.63, 3.8) is 0 Å². The fourth-order valence-corrected chi connectivity index (χ4v) is 1.37. The van der Waals surface area contributed by atoms with Crippen LogP contribution in [-0.2, 0) is 4.74 Å². The number of aliphatic imine (C=N–C) groups is 1. The molecule has 0 amide bonds. The summed E-state index contributed by atoms with van der Waals surface area (Å²) in [6.45, 7) is 1.79. The van der Waals surface area contributed by atoms with Crippen LogP contribution in [0, 0.1) is 0 Å². The lowest BCUT2D eigenvalue weighted by molar-refractivity contribution is 0.0615. The van der Waals surface area contributed by atoms with Gasteiger partial charge in [-0.05, 0) is 12.8 Å². The standard InChI is InChI=1S/C8H16N2O/c1-9-7-10(2)8-3-5-11-6-4-8/h7-8H,3-6H2,1-2H3. The molecule has 1 rings (SSSR count). The summed E-state index contributed by atoms with van der Waals surface area (Å²) in [6, 6.07) is 0.632. The molecule has 0 bridgehead atoms. The molecule has 0 aliphatic carbocycles. The van der Waals surface area contributed by atoms with E-state index in [9.17, 15) is 0 Å². The molecule has 1 aliphatic heterocycles. The van der Waals surface area contributed by atoms with Crippen molar-refractivity contribution in [1.29, 1.82) is 0 Å². The predicted octanol–water partition coefficient (Wildman–Crippen LogP) is 0.755. The second-order valence-corrected chi connectivity index (χ2v) is 2.88. The van der Waals surface area contributed by atoms with E-state index >= 15 is 0 Å². The fourth-order valence-electron chi connectivity index (χ4n) is 1.37. The highest BCUT2D eigenvalue weighted by Crippen LogP contribution is 2.10. The maximum Gasteiger partial charge on any atom is 0.0846 e. The highest BCUT2D eigenvalue weighted by Gasteiger charge is 2.15. The molecule has 0 unspecified atom stereocenters. The number of rotatable bonds is 2. The lowest BCUT2D eigenvalue weighted by Crippen LogP contribution is -2.35. The van der Waals surface area contributed by atoms with E-state index in [-0.39, 0.29) is 0 Å². The Labute approximate surface area is 68.1 Å². The molecule has 0 aromatic carbocycles. The zero-order valence-corrected chi connectivity index (χ0v) is 7.29. The van der Waals surface area contributed by atoms with Crippen molar-refractivity contribution in [2.75, 3.05) is 27.3 Å². The van der Waals surface area contributed by atoms with Crippen LogP contribution in [0.2, 0.25) is 0 Å². The van der Waals surface area contributed by atoms with Gasteiger partial charge < -0.3 is 9.64 Å². The minimum Gasteiger partial charge on any atom is -0.381 e. The first-order valence-electron chi connectivity index (χ1n) is 4.06. The molecule has 64 valence electrons. The predicted molar refractivity (Wildman–Crippen MR) is 46.0 cm³/mol. The van der Waals surface area contributed by atoms with Crippen LogP contribution in [0.25, 0.3) is 0 Å². The third-order valence-corrected chi connectivity index (χ3v) is 2.06. The molecule has 0 N–H and O–H groups in total. The first-order valence-corrected chi connectivity index (χ1v) is 4.06. The lowest BCUT2D eigenvalue weighted by atomic mass is 10.1. The van der Waals surface area contributed by atoms with Crippen molar-refractivity contribution in [2.24, 2.45) is 4.99 Å². The van der Waals surface area contributed by atoms with E-state index in [0.717, 1.165) is 26.1 Å². The summed E-state index contributed by atoms with van der Waals surface area (Å²) in [5.74, 6) is 0. The van der Waals surface area contributed by atoms with Gasteiger partial charge in [0.1, 0.15) is 0 Å². The summed E-state index contributed by atoms with van der Waals surface area (Å²) in [5.41, 5.74) is 0. The quantitative estimate of drug-likeness (QED) is 0.435. The Morgan fingerprint density at radius 2 is 2.09 bits per heavy atom. The van der Waals surface area contributed by atoms with Crippen molar-refractivity contribution < 1.29 is 4.74 Å². The molecule has 0 radical (unpaired) electrons. The Morgan fingerprint density at radius 1 is 1.45 bits per heavy atom. The van der Waals surface area contributed by atoms with Crippen LogP contribution in [0.4, 0.5) is 0 Å². The Bertz CT molecular complexity index is 130. The van der Waals surface area contributed by atoms with Crippen LogP contribution < -0.4 is 0 Å². The zero-order valence-electron chi connectivity index (χ0n) is 7.29. The maximum absolute atomic E-state index is 5.26. The van der Waals surface area contributed by atoms with E-state index in [0.29, 0.717) is 6.04 Å². The molecule has 0 aromatic heterocycles. The highest BCUT2D eigenvalue weighted by molar-refractivity contribution is 5.54. The van der Waals surface area contributed by atoms with E-state index in [2.05, 4.69) is 16.9 Å². The molecule has 0 aromatic rings. The van der Waals surface area contributed by atoms with Gasteiger partial charge in [-0.25, -0.2) is 0 Å². The van der Waals surface area contributed by atoms with E-state index in [4.69, 9.17) is 4.74 Å². The Morgan fingerprint density at radius 3 is 2.64 bits per heavy atom. The molecule has 0 spiro atoms. The van der Waals surface area contributed by atoms with Crippen molar-refractivity contribution in [3.8, 4) is 0 Å². The van der Waals surface area contributed by atoms with E-state index < -0.39 is 0 Å². The monoisotopic (exact) mass is 156 g/mol. The van der Waals surface area contributed by atoms with Crippen molar-refractivity contribution in [2.45, 2.75) is 18.9 Å². The summed E-state index contributed by atoms with van der Waals surface area (Å²) in [4.78, 5) is 6.14. The number of hydrogen-bond acceptors (Lipinski definition) is 2. The average Bonchev–Trinajstić information content (AvgIpc) is 2.07. The van der Waals surface area contributed by atoms with Gasteiger partial charge in [-0.15, -0.1) is 0 Å². The van der Waals surface area contributed by atoms with Gasteiger partial charge >= 0.3 is 0 Å². The molecule has 0 atom stereocenters. The van der Waals surface area contributed by atoms with Gasteiger partial charge in [0.25, 0.3) is 0 Å². The Kier molecular flexibility index (Phi) is 3.36. The van der Waals surface area contributed by atoms with Gasteiger partial charge in [0.2, 0.25) is 0 Å². The normalized spacial score (nSPS) is 20.9. The SMILES string of the molecule is CN=CN(C)C1CCOCC1. The number of hydrogen-bond donors (Lipinski definition) is 0. The molecular weight excluding hydrogens is 140 g/mol. The van der Waals surface area contributed by atoms with E-state index in [1.807, 2.05) is 6.34 Å². The van der Waals surface area contributed by atoms with E-state index in [1.54, 1.807) is 7.05 Å². The maximum atomic E-state index is 5.26. The number of nitrogens with zero attached hydrogens (tertiary/aromatic N) is 2. The van der Waals surface area contributed by atoms with Crippen LogP contribution in [0.1, 0.15) is 12.8 Å². The number of ether oxygens (including phenoxy) is 1. The first kappa shape index (κ1) is 8.53. The summed E-state index contributed by atoms with van der Waals surface area (Å²) >= 11 is 0. The summed E-state index contributed by atoms with van der Waals surface area (Å²) < 4.78 is 5.26. The topological polar surface area (TPSA) is 24.8 Å². The minimum atomic E-state index is 0.632. The summed E-state index contributed by atoms with van der Waals surface area (Å²) in [5, 5.41) is 0. The molecule has 3 nitrogen and oxygen atoms in total. The fraction of sp³-hybridized carbons (Fsp3) is 0.875. The summed E-state index contributed by atoms with van der Waals surface area (Å²) in [6.07, 6.45) is 4.14. The van der Waals surface area contributed by atoms with Gasteiger partial charge in [0, 0.05) is 33.4 Å². The largest absolute Gasteiger partial charge is 0.381 e. The van der Waals surface area contributed by atoms with E-state index in [1.165, 1.54) is 0 Å². The second-order valence-electron chi connectivity index (χ2n) is 2.88. The average molecular weight is 156 g/mol. The Hall–Kier alpha value is -0.570. The smallest absolute Gasteiger partial charge is 0.0846 e.